The zero-order chi connectivity index (χ0) is 9.90. The van der Waals surface area contributed by atoms with Gasteiger partial charge in [-0.3, -0.25) is 4.55 Å². The van der Waals surface area contributed by atoms with E-state index < -0.39 is 10.1 Å². The normalized spacial score (nSPS) is 11.5. The monoisotopic (exact) mass is 202 g/mol. The number of para-hydroxylation sites is 1. The van der Waals surface area contributed by atoms with E-state index in [0.29, 0.717) is 5.56 Å². The first-order valence-corrected chi connectivity index (χ1v) is 5.32. The van der Waals surface area contributed by atoms with Crippen LogP contribution in [0.15, 0.2) is 24.3 Å². The van der Waals surface area contributed by atoms with Crippen LogP contribution in [0.25, 0.3) is 0 Å². The Morgan fingerprint density at radius 2 is 1.85 bits per heavy atom. The summed E-state index contributed by atoms with van der Waals surface area (Å²) < 4.78 is 29.2. The Bertz CT molecular complexity index is 383. The molecule has 1 aromatic rings. The van der Waals surface area contributed by atoms with Gasteiger partial charge in [-0.25, -0.2) is 0 Å². The summed E-state index contributed by atoms with van der Waals surface area (Å²) in [5, 5.41) is 9.23. The smallest absolute Gasteiger partial charge is 0.265 e. The van der Waals surface area contributed by atoms with Crippen molar-refractivity contribution >= 4 is 10.1 Å². The number of hydrogen-bond acceptors (Lipinski definition) is 3. The molecule has 0 amide bonds. The zero-order valence-electron chi connectivity index (χ0n) is 6.84. The molecule has 0 aliphatic heterocycles. The zero-order valence-corrected chi connectivity index (χ0v) is 7.66. The molecule has 0 fully saturated rings. The summed E-state index contributed by atoms with van der Waals surface area (Å²) in [4.78, 5) is 0. The molecule has 0 unspecified atom stereocenters. The van der Waals surface area contributed by atoms with Crippen molar-refractivity contribution in [2.45, 2.75) is 6.42 Å². The second kappa shape index (κ2) is 3.76. The molecule has 0 spiro atoms. The first kappa shape index (κ1) is 10.0. The van der Waals surface area contributed by atoms with Crippen LogP contribution in [0, 0.1) is 0 Å². The summed E-state index contributed by atoms with van der Waals surface area (Å²) in [6.45, 7) is 0. The van der Waals surface area contributed by atoms with Crippen LogP contribution in [0.1, 0.15) is 5.56 Å². The van der Waals surface area contributed by atoms with Crippen molar-refractivity contribution in [2.24, 2.45) is 0 Å². The average molecular weight is 202 g/mol. The third-order valence-electron chi connectivity index (χ3n) is 1.62. The quantitative estimate of drug-likeness (QED) is 0.712. The van der Waals surface area contributed by atoms with E-state index in [9.17, 15) is 13.5 Å². The molecule has 5 heteroatoms. The van der Waals surface area contributed by atoms with Gasteiger partial charge in [-0.1, -0.05) is 18.2 Å². The summed E-state index contributed by atoms with van der Waals surface area (Å²) in [5.74, 6) is -0.323. The van der Waals surface area contributed by atoms with Gasteiger partial charge in [0.2, 0.25) is 0 Å². The predicted octanol–water partition coefficient (Wildman–Crippen LogP) is 0.823. The molecule has 4 nitrogen and oxygen atoms in total. The number of benzene rings is 1. The Balaban J connectivity index is 2.71. The van der Waals surface area contributed by atoms with Gasteiger partial charge >= 0.3 is 0 Å². The second-order valence-electron chi connectivity index (χ2n) is 2.66. The van der Waals surface area contributed by atoms with Crippen LogP contribution in [0.5, 0.6) is 5.75 Å². The highest BCUT2D eigenvalue weighted by molar-refractivity contribution is 7.85. The molecule has 1 rings (SSSR count). The highest BCUT2D eigenvalue weighted by atomic mass is 32.2. The van der Waals surface area contributed by atoms with E-state index in [1.165, 1.54) is 6.07 Å². The third-order valence-corrected chi connectivity index (χ3v) is 2.34. The first-order chi connectivity index (χ1) is 5.99. The topological polar surface area (TPSA) is 74.6 Å². The van der Waals surface area contributed by atoms with Crippen LogP contribution in [-0.4, -0.2) is 23.8 Å². The van der Waals surface area contributed by atoms with E-state index in [1.807, 2.05) is 0 Å². The molecule has 0 aliphatic carbocycles. The minimum Gasteiger partial charge on any atom is -0.508 e. The lowest BCUT2D eigenvalue weighted by Crippen LogP contribution is -2.06. The van der Waals surface area contributed by atoms with Gasteiger partial charge in [0, 0.05) is 0 Å². The molecule has 1 aromatic carbocycles. The molecule has 0 bridgehead atoms. The summed E-state index contributed by atoms with van der Waals surface area (Å²) in [7, 11) is -3.95. The molecule has 13 heavy (non-hydrogen) atoms. The van der Waals surface area contributed by atoms with E-state index in [-0.39, 0.29) is 17.9 Å². The Morgan fingerprint density at radius 1 is 1.23 bits per heavy atom. The number of phenolic OH excluding ortho intramolecular Hbond substituents is 1. The standard InChI is InChI=1S/C8H10O4S/c9-8-4-2-1-3-7(8)5-6-13(10,11)12/h1-4,9H,5-6H2,(H,10,11,12). The van der Waals surface area contributed by atoms with Crippen molar-refractivity contribution in [2.75, 3.05) is 5.75 Å². The van der Waals surface area contributed by atoms with Gasteiger partial charge in [-0.05, 0) is 18.1 Å². The largest absolute Gasteiger partial charge is 0.508 e. The van der Waals surface area contributed by atoms with E-state index in [4.69, 9.17) is 4.55 Å². The molecular formula is C8H10O4S. The molecule has 72 valence electrons. The van der Waals surface area contributed by atoms with Gasteiger partial charge in [0.25, 0.3) is 10.1 Å². The molecule has 0 aliphatic rings. The minimum atomic E-state index is -3.95. The maximum absolute atomic E-state index is 10.4. The fourth-order valence-corrected chi connectivity index (χ4v) is 1.44. The number of hydrogen-bond donors (Lipinski definition) is 2. The van der Waals surface area contributed by atoms with Crippen LogP contribution in [0.2, 0.25) is 0 Å². The van der Waals surface area contributed by atoms with E-state index in [0.717, 1.165) is 0 Å². The van der Waals surface area contributed by atoms with Crippen LogP contribution in [0.4, 0.5) is 0 Å². The maximum atomic E-state index is 10.4. The summed E-state index contributed by atoms with van der Waals surface area (Å²) in [5.41, 5.74) is 0.514. The molecular weight excluding hydrogens is 192 g/mol. The molecule has 0 heterocycles. The maximum Gasteiger partial charge on any atom is 0.265 e. The van der Waals surface area contributed by atoms with Crippen molar-refractivity contribution in [3.8, 4) is 5.75 Å². The lowest BCUT2D eigenvalue weighted by atomic mass is 10.1. The van der Waals surface area contributed by atoms with Crippen molar-refractivity contribution < 1.29 is 18.1 Å². The number of aryl methyl sites for hydroxylation is 1. The highest BCUT2D eigenvalue weighted by Gasteiger charge is 2.06. The van der Waals surface area contributed by atoms with Crippen molar-refractivity contribution in [1.29, 1.82) is 0 Å². The fraction of sp³-hybridized carbons (Fsp3) is 0.250. The Morgan fingerprint density at radius 3 is 2.38 bits per heavy atom. The van der Waals surface area contributed by atoms with Gasteiger partial charge < -0.3 is 5.11 Å². The molecule has 2 N–H and O–H groups in total. The predicted molar refractivity (Wildman–Crippen MR) is 48.2 cm³/mol. The van der Waals surface area contributed by atoms with Gasteiger partial charge in [0.05, 0.1) is 5.75 Å². The SMILES string of the molecule is O=S(=O)(O)CCc1ccccc1O. The van der Waals surface area contributed by atoms with E-state index in [2.05, 4.69) is 0 Å². The van der Waals surface area contributed by atoms with Crippen LogP contribution < -0.4 is 0 Å². The van der Waals surface area contributed by atoms with Crippen molar-refractivity contribution in [1.82, 2.24) is 0 Å². The van der Waals surface area contributed by atoms with E-state index in [1.54, 1.807) is 18.2 Å². The lowest BCUT2D eigenvalue weighted by molar-refractivity contribution is 0.466. The van der Waals surface area contributed by atoms with Gasteiger partial charge in [-0.15, -0.1) is 0 Å². The van der Waals surface area contributed by atoms with E-state index >= 15 is 0 Å². The first-order valence-electron chi connectivity index (χ1n) is 3.71. The number of rotatable bonds is 3. The van der Waals surface area contributed by atoms with Gasteiger partial charge in [0.15, 0.2) is 0 Å². The highest BCUT2D eigenvalue weighted by Crippen LogP contribution is 2.16. The summed E-state index contributed by atoms with van der Waals surface area (Å²) >= 11 is 0. The van der Waals surface area contributed by atoms with Crippen LogP contribution in [-0.2, 0) is 16.5 Å². The Kier molecular flexibility index (Phi) is 2.90. The molecule has 0 saturated heterocycles. The van der Waals surface area contributed by atoms with Crippen molar-refractivity contribution in [3.05, 3.63) is 29.8 Å². The molecule has 0 saturated carbocycles. The van der Waals surface area contributed by atoms with Gasteiger partial charge in [-0.2, -0.15) is 8.42 Å². The van der Waals surface area contributed by atoms with Crippen LogP contribution >= 0.6 is 0 Å². The summed E-state index contributed by atoms with van der Waals surface area (Å²) in [6.07, 6.45) is 0.117. The lowest BCUT2D eigenvalue weighted by Gasteiger charge is -2.01. The van der Waals surface area contributed by atoms with Crippen molar-refractivity contribution in [3.63, 3.8) is 0 Å². The number of aromatic hydroxyl groups is 1. The minimum absolute atomic E-state index is 0.0474. The Hall–Kier alpha value is -1.07. The number of phenols is 1. The summed E-state index contributed by atoms with van der Waals surface area (Å²) in [6, 6.07) is 6.42. The molecule has 0 atom stereocenters. The second-order valence-corrected chi connectivity index (χ2v) is 4.24. The fourth-order valence-electron chi connectivity index (χ4n) is 0.961. The average Bonchev–Trinajstić information content (AvgIpc) is 2.01. The third kappa shape index (κ3) is 3.43. The Labute approximate surface area is 76.6 Å². The van der Waals surface area contributed by atoms with Gasteiger partial charge in [0.1, 0.15) is 5.75 Å². The molecule has 0 aromatic heterocycles. The van der Waals surface area contributed by atoms with Crippen LogP contribution in [0.3, 0.4) is 0 Å². The molecule has 0 radical (unpaired) electrons.